The van der Waals surface area contributed by atoms with E-state index in [9.17, 15) is 0 Å². The molecule has 2 heterocycles. The number of guanidine groups is 1. The van der Waals surface area contributed by atoms with Crippen molar-refractivity contribution >= 4 is 5.96 Å². The quantitative estimate of drug-likeness (QED) is 0.478. The maximum Gasteiger partial charge on any atom is 0.231 e. The normalized spacial score (nSPS) is 12.8. The highest BCUT2D eigenvalue weighted by molar-refractivity contribution is 5.79. The molecular formula is C22H25N5O2. The van der Waals surface area contributed by atoms with Gasteiger partial charge < -0.3 is 24.7 Å². The van der Waals surface area contributed by atoms with E-state index < -0.39 is 0 Å². The van der Waals surface area contributed by atoms with E-state index in [0.717, 1.165) is 43.5 Å². The molecule has 0 bridgehead atoms. The fourth-order valence-corrected chi connectivity index (χ4v) is 3.18. The van der Waals surface area contributed by atoms with Gasteiger partial charge in [0.05, 0.1) is 6.33 Å². The van der Waals surface area contributed by atoms with Crippen LogP contribution in [0.2, 0.25) is 0 Å². The van der Waals surface area contributed by atoms with Crippen LogP contribution in [0, 0.1) is 0 Å². The lowest BCUT2D eigenvalue weighted by Crippen LogP contribution is -2.37. The molecule has 2 N–H and O–H groups in total. The van der Waals surface area contributed by atoms with E-state index in [2.05, 4.69) is 55.5 Å². The van der Waals surface area contributed by atoms with Gasteiger partial charge in [-0.05, 0) is 35.2 Å². The van der Waals surface area contributed by atoms with Crippen LogP contribution in [-0.4, -0.2) is 35.9 Å². The Labute approximate surface area is 170 Å². The summed E-state index contributed by atoms with van der Waals surface area (Å²) < 4.78 is 12.8. The first-order valence-corrected chi connectivity index (χ1v) is 9.67. The lowest BCUT2D eigenvalue weighted by molar-refractivity contribution is 0.174. The predicted octanol–water partition coefficient (Wildman–Crippen LogP) is 2.57. The van der Waals surface area contributed by atoms with Crippen LogP contribution in [0.5, 0.6) is 11.5 Å². The number of nitrogens with one attached hydrogen (secondary N) is 2. The van der Waals surface area contributed by atoms with E-state index in [0.29, 0.717) is 6.79 Å². The maximum absolute atomic E-state index is 5.43. The molecule has 0 amide bonds. The summed E-state index contributed by atoms with van der Waals surface area (Å²) >= 11 is 0. The zero-order valence-corrected chi connectivity index (χ0v) is 16.5. The van der Waals surface area contributed by atoms with E-state index in [1.165, 1.54) is 16.7 Å². The molecule has 1 aromatic heterocycles. The average Bonchev–Trinajstić information content (AvgIpc) is 3.43. The summed E-state index contributed by atoms with van der Waals surface area (Å²) in [5.41, 5.74) is 3.65. The minimum Gasteiger partial charge on any atom is -0.454 e. The third-order valence-electron chi connectivity index (χ3n) is 4.77. The highest BCUT2D eigenvalue weighted by Crippen LogP contribution is 2.32. The number of rotatable bonds is 7. The summed E-state index contributed by atoms with van der Waals surface area (Å²) in [6, 6.07) is 14.6. The summed E-state index contributed by atoms with van der Waals surface area (Å²) in [7, 11) is 1.78. The summed E-state index contributed by atoms with van der Waals surface area (Å²) in [4.78, 5) is 8.37. The minimum absolute atomic E-state index is 0.304. The number of hydrogen-bond acceptors (Lipinski definition) is 4. The maximum atomic E-state index is 5.43. The molecule has 2 aromatic carbocycles. The zero-order chi connectivity index (χ0) is 19.9. The standard InChI is InChI=1S/C22H25N5O2/c1-23-22(25-9-8-17-6-7-20-21(12-17)29-16-28-20)26-13-18-2-4-19(5-3-18)14-27-11-10-24-15-27/h2-7,10-12,15H,8-9,13-14,16H2,1H3,(H2,23,25,26). The van der Waals surface area contributed by atoms with Gasteiger partial charge in [-0.25, -0.2) is 4.98 Å². The van der Waals surface area contributed by atoms with Crippen LogP contribution in [-0.2, 0) is 19.5 Å². The minimum atomic E-state index is 0.304. The molecule has 7 heteroatoms. The first-order valence-electron chi connectivity index (χ1n) is 9.67. The van der Waals surface area contributed by atoms with Gasteiger partial charge in [-0.2, -0.15) is 0 Å². The van der Waals surface area contributed by atoms with E-state index in [1.54, 1.807) is 13.2 Å². The van der Waals surface area contributed by atoms with Gasteiger partial charge in [0.15, 0.2) is 17.5 Å². The SMILES string of the molecule is CN=C(NCCc1ccc2c(c1)OCO2)NCc1ccc(Cn2ccnc2)cc1. The monoisotopic (exact) mass is 391 g/mol. The van der Waals surface area contributed by atoms with Crippen LogP contribution in [0.15, 0.2) is 66.2 Å². The van der Waals surface area contributed by atoms with Gasteiger partial charge >= 0.3 is 0 Å². The van der Waals surface area contributed by atoms with E-state index in [4.69, 9.17) is 9.47 Å². The third-order valence-corrected chi connectivity index (χ3v) is 4.77. The van der Waals surface area contributed by atoms with Crippen LogP contribution in [0.25, 0.3) is 0 Å². The molecule has 1 aliphatic rings. The summed E-state index contributed by atoms with van der Waals surface area (Å²) in [6.07, 6.45) is 6.47. The second-order valence-corrected chi connectivity index (χ2v) is 6.84. The number of aliphatic imine (C=N–C) groups is 1. The number of benzene rings is 2. The largest absolute Gasteiger partial charge is 0.454 e. The van der Waals surface area contributed by atoms with Gasteiger partial charge in [0.2, 0.25) is 6.79 Å². The Morgan fingerprint density at radius 1 is 1.03 bits per heavy atom. The highest BCUT2D eigenvalue weighted by Gasteiger charge is 2.12. The number of fused-ring (bicyclic) bond motifs is 1. The lowest BCUT2D eigenvalue weighted by atomic mass is 10.1. The third kappa shape index (κ3) is 5.07. The van der Waals surface area contributed by atoms with Gasteiger partial charge in [0, 0.05) is 39.1 Å². The molecule has 0 spiro atoms. The molecule has 0 saturated heterocycles. The van der Waals surface area contributed by atoms with Crippen molar-refractivity contribution in [3.63, 3.8) is 0 Å². The van der Waals surface area contributed by atoms with Gasteiger partial charge in [-0.1, -0.05) is 30.3 Å². The Hall–Kier alpha value is -3.48. The number of imidazole rings is 1. The van der Waals surface area contributed by atoms with Crippen LogP contribution in [0.3, 0.4) is 0 Å². The summed E-state index contributed by atoms with van der Waals surface area (Å²) in [5.74, 6) is 2.42. The van der Waals surface area contributed by atoms with Crippen molar-refractivity contribution in [1.82, 2.24) is 20.2 Å². The molecule has 29 heavy (non-hydrogen) atoms. The molecule has 0 atom stereocenters. The molecule has 1 aliphatic heterocycles. The van der Waals surface area contributed by atoms with Crippen molar-refractivity contribution in [2.24, 2.45) is 4.99 Å². The molecule has 0 fully saturated rings. The van der Waals surface area contributed by atoms with Gasteiger partial charge in [-0.3, -0.25) is 4.99 Å². The Balaban J connectivity index is 1.22. The van der Waals surface area contributed by atoms with Crippen LogP contribution >= 0.6 is 0 Å². The molecule has 150 valence electrons. The molecule has 4 rings (SSSR count). The van der Waals surface area contributed by atoms with Crippen molar-refractivity contribution in [1.29, 1.82) is 0 Å². The Kier molecular flexibility index (Phi) is 5.95. The molecule has 7 nitrogen and oxygen atoms in total. The molecular weight excluding hydrogens is 366 g/mol. The Morgan fingerprint density at radius 3 is 2.62 bits per heavy atom. The van der Waals surface area contributed by atoms with Crippen LogP contribution in [0.1, 0.15) is 16.7 Å². The van der Waals surface area contributed by atoms with Gasteiger partial charge in [-0.15, -0.1) is 0 Å². The number of ether oxygens (including phenoxy) is 2. The summed E-state index contributed by atoms with van der Waals surface area (Å²) in [6.45, 7) is 2.63. The first-order chi connectivity index (χ1) is 14.3. The van der Waals surface area contributed by atoms with Crippen molar-refractivity contribution < 1.29 is 9.47 Å². The van der Waals surface area contributed by atoms with Crippen LogP contribution in [0.4, 0.5) is 0 Å². The lowest BCUT2D eigenvalue weighted by Gasteiger charge is -2.12. The molecule has 0 radical (unpaired) electrons. The number of hydrogen-bond donors (Lipinski definition) is 2. The number of aromatic nitrogens is 2. The molecule has 3 aromatic rings. The molecule has 0 unspecified atom stereocenters. The van der Waals surface area contributed by atoms with Crippen molar-refractivity contribution in [2.75, 3.05) is 20.4 Å². The van der Waals surface area contributed by atoms with E-state index >= 15 is 0 Å². The van der Waals surface area contributed by atoms with Crippen molar-refractivity contribution in [3.8, 4) is 11.5 Å². The zero-order valence-electron chi connectivity index (χ0n) is 16.5. The highest BCUT2D eigenvalue weighted by atomic mass is 16.7. The van der Waals surface area contributed by atoms with Gasteiger partial charge in [0.25, 0.3) is 0 Å². The first kappa shape index (κ1) is 18.9. The smallest absolute Gasteiger partial charge is 0.231 e. The van der Waals surface area contributed by atoms with E-state index in [-0.39, 0.29) is 0 Å². The van der Waals surface area contributed by atoms with Crippen LogP contribution < -0.4 is 20.1 Å². The predicted molar refractivity (Wildman–Crippen MR) is 112 cm³/mol. The topological polar surface area (TPSA) is 72.7 Å². The Bertz CT molecular complexity index is 952. The molecule has 0 aliphatic carbocycles. The fraction of sp³-hybridized carbons (Fsp3) is 0.273. The van der Waals surface area contributed by atoms with Gasteiger partial charge in [0.1, 0.15) is 0 Å². The van der Waals surface area contributed by atoms with E-state index in [1.807, 2.05) is 24.7 Å². The molecule has 0 saturated carbocycles. The summed E-state index contributed by atoms with van der Waals surface area (Å²) in [5, 5.41) is 6.71. The second kappa shape index (κ2) is 9.14. The number of nitrogens with zero attached hydrogens (tertiary/aromatic N) is 3. The average molecular weight is 391 g/mol. The second-order valence-electron chi connectivity index (χ2n) is 6.84. The Morgan fingerprint density at radius 2 is 1.83 bits per heavy atom. The van der Waals surface area contributed by atoms with Crippen molar-refractivity contribution in [3.05, 3.63) is 77.9 Å². The fourth-order valence-electron chi connectivity index (χ4n) is 3.18. The van der Waals surface area contributed by atoms with Crippen molar-refractivity contribution in [2.45, 2.75) is 19.5 Å².